The molecule has 2 fully saturated rings. The highest BCUT2D eigenvalue weighted by molar-refractivity contribution is 5.82. The molecule has 0 N–H and O–H groups in total. The quantitative estimate of drug-likeness (QED) is 0.815. The van der Waals surface area contributed by atoms with Crippen molar-refractivity contribution in [1.29, 1.82) is 5.26 Å². The monoisotopic (exact) mass is 369 g/mol. The van der Waals surface area contributed by atoms with Crippen LogP contribution in [0.15, 0.2) is 24.3 Å². The van der Waals surface area contributed by atoms with Gasteiger partial charge in [0.25, 0.3) is 0 Å². The average Bonchev–Trinajstić information content (AvgIpc) is 2.73. The van der Waals surface area contributed by atoms with Gasteiger partial charge in [-0.3, -0.25) is 9.59 Å². The SMILES string of the molecule is COCC(=O)N1CCC[C@H](C(=O)N2CCC(c3cccc(C#N)c3)CC2)C1. The fourth-order valence-corrected chi connectivity index (χ4v) is 4.17. The molecule has 1 atom stereocenters. The predicted octanol–water partition coefficient (Wildman–Crippen LogP) is 2.15. The molecule has 6 heteroatoms. The molecular formula is C21H27N3O3. The summed E-state index contributed by atoms with van der Waals surface area (Å²) in [6.07, 6.45) is 3.54. The topological polar surface area (TPSA) is 73.6 Å². The molecule has 2 amide bonds. The molecule has 2 saturated heterocycles. The number of nitriles is 1. The number of likely N-dealkylation sites (tertiary alicyclic amines) is 2. The zero-order valence-corrected chi connectivity index (χ0v) is 15.9. The highest BCUT2D eigenvalue weighted by atomic mass is 16.5. The van der Waals surface area contributed by atoms with Crippen molar-refractivity contribution in [3.63, 3.8) is 0 Å². The highest BCUT2D eigenvalue weighted by Gasteiger charge is 2.33. The van der Waals surface area contributed by atoms with E-state index in [4.69, 9.17) is 10.00 Å². The van der Waals surface area contributed by atoms with Crippen LogP contribution in [0.2, 0.25) is 0 Å². The third-order valence-corrected chi connectivity index (χ3v) is 5.68. The van der Waals surface area contributed by atoms with Crippen LogP contribution >= 0.6 is 0 Å². The van der Waals surface area contributed by atoms with Gasteiger partial charge in [0.15, 0.2) is 0 Å². The zero-order chi connectivity index (χ0) is 19.2. The predicted molar refractivity (Wildman–Crippen MR) is 101 cm³/mol. The molecule has 0 saturated carbocycles. The Bertz CT molecular complexity index is 720. The summed E-state index contributed by atoms with van der Waals surface area (Å²) >= 11 is 0. The number of rotatable bonds is 4. The number of methoxy groups -OCH3 is 1. The number of ether oxygens (including phenoxy) is 1. The van der Waals surface area contributed by atoms with Crippen molar-refractivity contribution in [3.8, 4) is 6.07 Å². The molecule has 1 aromatic carbocycles. The average molecular weight is 369 g/mol. The smallest absolute Gasteiger partial charge is 0.248 e. The Morgan fingerprint density at radius 3 is 2.67 bits per heavy atom. The number of hydrogen-bond donors (Lipinski definition) is 0. The molecule has 0 aliphatic carbocycles. The maximum absolute atomic E-state index is 12.9. The van der Waals surface area contributed by atoms with Crippen LogP contribution < -0.4 is 0 Å². The largest absolute Gasteiger partial charge is 0.375 e. The van der Waals surface area contributed by atoms with E-state index in [2.05, 4.69) is 12.1 Å². The van der Waals surface area contributed by atoms with Crippen LogP contribution in [0.3, 0.4) is 0 Å². The highest BCUT2D eigenvalue weighted by Crippen LogP contribution is 2.30. The van der Waals surface area contributed by atoms with E-state index in [1.165, 1.54) is 12.7 Å². The number of piperidine rings is 2. The van der Waals surface area contributed by atoms with Gasteiger partial charge in [0, 0.05) is 33.3 Å². The van der Waals surface area contributed by atoms with Gasteiger partial charge < -0.3 is 14.5 Å². The Kier molecular flexibility index (Phi) is 6.46. The lowest BCUT2D eigenvalue weighted by molar-refractivity contribution is -0.143. The summed E-state index contributed by atoms with van der Waals surface area (Å²) in [5.41, 5.74) is 1.88. The fraction of sp³-hybridized carbons (Fsp3) is 0.571. The molecule has 2 aliphatic rings. The molecule has 0 aromatic heterocycles. The van der Waals surface area contributed by atoms with E-state index in [-0.39, 0.29) is 24.3 Å². The first kappa shape index (κ1) is 19.4. The van der Waals surface area contributed by atoms with Crippen molar-refractivity contribution in [1.82, 2.24) is 9.80 Å². The minimum Gasteiger partial charge on any atom is -0.375 e. The Hall–Kier alpha value is -2.39. The molecule has 144 valence electrons. The third kappa shape index (κ3) is 4.67. The lowest BCUT2D eigenvalue weighted by atomic mass is 9.87. The first-order chi connectivity index (χ1) is 13.1. The van der Waals surface area contributed by atoms with Gasteiger partial charge in [0.2, 0.25) is 11.8 Å². The normalized spacial score (nSPS) is 21.0. The van der Waals surface area contributed by atoms with Gasteiger partial charge in [-0.05, 0) is 49.3 Å². The molecular weight excluding hydrogens is 342 g/mol. The Morgan fingerprint density at radius 1 is 1.19 bits per heavy atom. The van der Waals surface area contributed by atoms with Gasteiger partial charge in [-0.2, -0.15) is 5.26 Å². The number of carbonyl (C=O) groups excluding carboxylic acids is 2. The van der Waals surface area contributed by atoms with Crippen LogP contribution in [0, 0.1) is 17.2 Å². The molecule has 0 radical (unpaired) electrons. The summed E-state index contributed by atoms with van der Waals surface area (Å²) < 4.78 is 4.93. The molecule has 3 rings (SSSR count). The lowest BCUT2D eigenvalue weighted by Gasteiger charge is -2.38. The summed E-state index contributed by atoms with van der Waals surface area (Å²) in [4.78, 5) is 28.7. The second-order valence-electron chi connectivity index (χ2n) is 7.45. The lowest BCUT2D eigenvalue weighted by Crippen LogP contribution is -2.49. The van der Waals surface area contributed by atoms with E-state index >= 15 is 0 Å². The number of amides is 2. The van der Waals surface area contributed by atoms with Crippen molar-refractivity contribution in [2.45, 2.75) is 31.6 Å². The summed E-state index contributed by atoms with van der Waals surface area (Å²) in [5.74, 6) is 0.437. The van der Waals surface area contributed by atoms with Gasteiger partial charge in [-0.25, -0.2) is 0 Å². The van der Waals surface area contributed by atoms with Crippen LogP contribution in [0.5, 0.6) is 0 Å². The van der Waals surface area contributed by atoms with Crippen molar-refractivity contribution in [3.05, 3.63) is 35.4 Å². The summed E-state index contributed by atoms with van der Waals surface area (Å²) in [7, 11) is 1.51. The van der Waals surface area contributed by atoms with Crippen molar-refractivity contribution in [2.24, 2.45) is 5.92 Å². The first-order valence-electron chi connectivity index (χ1n) is 9.68. The number of benzene rings is 1. The standard InChI is InChI=1S/C21H27N3O3/c1-27-15-20(25)24-9-3-6-19(14-24)21(26)23-10-7-17(8-11-23)18-5-2-4-16(12-18)13-22/h2,4-5,12,17,19H,3,6-11,14-15H2,1H3/t19-/m0/s1. The minimum absolute atomic E-state index is 0.0360. The van der Waals surface area contributed by atoms with E-state index < -0.39 is 0 Å². The van der Waals surface area contributed by atoms with Gasteiger partial charge in [0.1, 0.15) is 6.61 Å². The van der Waals surface area contributed by atoms with E-state index in [9.17, 15) is 9.59 Å². The van der Waals surface area contributed by atoms with Gasteiger partial charge in [-0.15, -0.1) is 0 Å². The maximum atomic E-state index is 12.9. The minimum atomic E-state index is -0.0991. The van der Waals surface area contributed by atoms with Crippen molar-refractivity contribution < 1.29 is 14.3 Å². The molecule has 2 aliphatic heterocycles. The van der Waals surface area contributed by atoms with E-state index in [1.807, 2.05) is 23.1 Å². The second-order valence-corrected chi connectivity index (χ2v) is 7.45. The van der Waals surface area contributed by atoms with Crippen LogP contribution in [-0.2, 0) is 14.3 Å². The second kappa shape index (κ2) is 9.01. The Balaban J connectivity index is 1.55. The summed E-state index contributed by atoms with van der Waals surface area (Å²) in [5, 5.41) is 9.07. The maximum Gasteiger partial charge on any atom is 0.248 e. The number of nitrogens with zero attached hydrogens (tertiary/aromatic N) is 3. The fourth-order valence-electron chi connectivity index (χ4n) is 4.17. The van der Waals surface area contributed by atoms with Crippen molar-refractivity contribution >= 4 is 11.8 Å². The van der Waals surface area contributed by atoms with Crippen LogP contribution in [-0.4, -0.2) is 61.5 Å². The van der Waals surface area contributed by atoms with Gasteiger partial charge in [0.05, 0.1) is 17.6 Å². The molecule has 0 unspecified atom stereocenters. The van der Waals surface area contributed by atoms with E-state index in [1.54, 1.807) is 4.90 Å². The molecule has 0 spiro atoms. The zero-order valence-electron chi connectivity index (χ0n) is 15.9. The third-order valence-electron chi connectivity index (χ3n) is 5.68. The summed E-state index contributed by atoms with van der Waals surface area (Å²) in [6.45, 7) is 2.77. The summed E-state index contributed by atoms with van der Waals surface area (Å²) in [6, 6.07) is 9.98. The van der Waals surface area contributed by atoms with E-state index in [0.29, 0.717) is 24.6 Å². The Labute approximate surface area is 160 Å². The Morgan fingerprint density at radius 2 is 1.96 bits per heavy atom. The van der Waals surface area contributed by atoms with Gasteiger partial charge >= 0.3 is 0 Å². The van der Waals surface area contributed by atoms with Crippen LogP contribution in [0.25, 0.3) is 0 Å². The van der Waals surface area contributed by atoms with E-state index in [0.717, 1.165) is 38.8 Å². The van der Waals surface area contributed by atoms with Gasteiger partial charge in [-0.1, -0.05) is 12.1 Å². The molecule has 0 bridgehead atoms. The van der Waals surface area contributed by atoms with Crippen molar-refractivity contribution in [2.75, 3.05) is 39.9 Å². The van der Waals surface area contributed by atoms with Crippen LogP contribution in [0.4, 0.5) is 0 Å². The molecule has 1 aromatic rings. The number of carbonyl (C=O) groups is 2. The van der Waals surface area contributed by atoms with Crippen LogP contribution in [0.1, 0.15) is 42.7 Å². The molecule has 27 heavy (non-hydrogen) atoms. The number of hydrogen-bond acceptors (Lipinski definition) is 4. The first-order valence-corrected chi connectivity index (χ1v) is 9.68. The molecule has 2 heterocycles. The molecule has 6 nitrogen and oxygen atoms in total.